The molecule has 0 unspecified atom stereocenters. The Morgan fingerprint density at radius 1 is 0.232 bits per heavy atom. The van der Waals surface area contributed by atoms with E-state index in [9.17, 15) is 0 Å². The number of para-hydroxylation sites is 2. The molecule has 0 amide bonds. The standard InChI is InChI=1S/C80H70N2/c1-51-27-23-25-37-67(51)81(69-47-59(79(5,6)7)41-39-53(69)3)61-43-45-63-65(49-61)73(57-33-19-13-20-34-57)77-75(71(63)55-29-15-11-16-30-55)78-74(58-35-21-14-22-36-58)66-50-62(44-46-64(66)72(76(77)78)56-31-17-12-18-32-56)82(68-38-26-24-28-52(68)2)70-48-60(80(8,9)10)42-40-54(70)4/h11-50H,1-10H3. The molecular formula is C80H70N2. The Bertz CT molecular complexity index is 4120. The van der Waals surface area contributed by atoms with Crippen LogP contribution in [-0.4, -0.2) is 0 Å². The molecule has 0 fully saturated rings. The number of hydrogen-bond donors (Lipinski definition) is 0. The van der Waals surface area contributed by atoms with Gasteiger partial charge in [-0.3, -0.25) is 0 Å². The number of aryl methyl sites for hydroxylation is 4. The van der Waals surface area contributed by atoms with Crippen molar-refractivity contribution in [2.45, 2.75) is 80.1 Å². The monoisotopic (exact) mass is 1060 g/mol. The molecule has 0 radical (unpaired) electrons. The van der Waals surface area contributed by atoms with Crippen LogP contribution in [0.4, 0.5) is 34.1 Å². The van der Waals surface area contributed by atoms with Crippen LogP contribution >= 0.6 is 0 Å². The second-order valence-corrected chi connectivity index (χ2v) is 24.7. The number of anilines is 6. The van der Waals surface area contributed by atoms with Crippen LogP contribution in [0, 0.1) is 27.7 Å². The molecule has 2 heteroatoms. The van der Waals surface area contributed by atoms with Gasteiger partial charge in [-0.05, 0) is 209 Å². The molecule has 0 spiro atoms. The molecule has 0 aromatic heterocycles. The SMILES string of the molecule is Cc1ccccc1N(c1ccc2c(-c3ccccc3)c3c(c(-c4ccccc4)c2c1)-c1c-3c(-c2ccccc2)c2cc(N(c3ccccc3C)c3cc(C(C)(C)C)ccc3C)ccc2c1-c1ccccc1)c1cc(C(C)(C)C)ccc1C. The summed E-state index contributed by atoms with van der Waals surface area (Å²) in [7, 11) is 0. The summed E-state index contributed by atoms with van der Waals surface area (Å²) in [4.78, 5) is 5.03. The van der Waals surface area contributed by atoms with Crippen molar-refractivity contribution in [2.24, 2.45) is 0 Å². The molecule has 0 saturated carbocycles. The van der Waals surface area contributed by atoms with Gasteiger partial charge >= 0.3 is 0 Å². The van der Waals surface area contributed by atoms with Crippen LogP contribution in [0.1, 0.15) is 74.9 Å². The highest BCUT2D eigenvalue weighted by Gasteiger charge is 2.39. The maximum Gasteiger partial charge on any atom is 0.0493 e. The Labute approximate surface area is 485 Å². The molecule has 0 aliphatic heterocycles. The van der Waals surface area contributed by atoms with Gasteiger partial charge in [-0.15, -0.1) is 0 Å². The third-order valence-electron chi connectivity index (χ3n) is 17.2. The lowest BCUT2D eigenvalue weighted by molar-refractivity contribution is 0.590. The molecule has 13 rings (SSSR count). The summed E-state index contributed by atoms with van der Waals surface area (Å²) in [5.74, 6) is 0. The van der Waals surface area contributed by atoms with Gasteiger partial charge in [0.1, 0.15) is 0 Å². The van der Waals surface area contributed by atoms with Crippen LogP contribution in [0.5, 0.6) is 0 Å². The topological polar surface area (TPSA) is 6.48 Å². The first-order valence-electron chi connectivity index (χ1n) is 29.1. The Hall–Kier alpha value is -9.24. The first-order valence-corrected chi connectivity index (χ1v) is 29.1. The minimum Gasteiger partial charge on any atom is -0.310 e. The fourth-order valence-electron chi connectivity index (χ4n) is 12.9. The molecular weight excluding hydrogens is 989 g/mol. The van der Waals surface area contributed by atoms with E-state index in [-0.39, 0.29) is 10.8 Å². The van der Waals surface area contributed by atoms with E-state index in [1.165, 1.54) is 133 Å². The lowest BCUT2D eigenvalue weighted by atomic mass is 9.65. The maximum atomic E-state index is 2.51. The lowest BCUT2D eigenvalue weighted by Gasteiger charge is -2.38. The molecule has 12 aromatic carbocycles. The molecule has 1 aliphatic rings. The summed E-state index contributed by atoms with van der Waals surface area (Å²) in [6, 6.07) is 91.2. The lowest BCUT2D eigenvalue weighted by Crippen LogP contribution is -2.16. The van der Waals surface area contributed by atoms with Crippen LogP contribution < -0.4 is 9.80 Å². The van der Waals surface area contributed by atoms with Crippen molar-refractivity contribution >= 4 is 55.7 Å². The van der Waals surface area contributed by atoms with Gasteiger partial charge in [0.15, 0.2) is 0 Å². The third-order valence-corrected chi connectivity index (χ3v) is 17.2. The largest absolute Gasteiger partial charge is 0.310 e. The van der Waals surface area contributed by atoms with E-state index >= 15 is 0 Å². The van der Waals surface area contributed by atoms with Gasteiger partial charge in [0.25, 0.3) is 0 Å². The fraction of sp³-hybridized carbons (Fsp3) is 0.150. The van der Waals surface area contributed by atoms with Crippen molar-refractivity contribution in [3.05, 3.63) is 276 Å². The molecule has 82 heavy (non-hydrogen) atoms. The highest BCUT2D eigenvalue weighted by molar-refractivity contribution is 6.33. The van der Waals surface area contributed by atoms with Gasteiger partial charge in [-0.25, -0.2) is 0 Å². The van der Waals surface area contributed by atoms with Gasteiger partial charge in [0.05, 0.1) is 0 Å². The zero-order valence-electron chi connectivity index (χ0n) is 49.0. The molecule has 2 nitrogen and oxygen atoms in total. The van der Waals surface area contributed by atoms with E-state index in [4.69, 9.17) is 0 Å². The van der Waals surface area contributed by atoms with Crippen molar-refractivity contribution in [2.75, 3.05) is 9.80 Å². The summed E-state index contributed by atoms with van der Waals surface area (Å²) in [5, 5.41) is 4.87. The summed E-state index contributed by atoms with van der Waals surface area (Å²) in [6.45, 7) is 22.9. The van der Waals surface area contributed by atoms with Gasteiger partial charge in [0.2, 0.25) is 0 Å². The van der Waals surface area contributed by atoms with Gasteiger partial charge in [-0.1, -0.05) is 236 Å². The van der Waals surface area contributed by atoms with Crippen LogP contribution in [0.3, 0.4) is 0 Å². The molecule has 0 bridgehead atoms. The second-order valence-electron chi connectivity index (χ2n) is 24.7. The Kier molecular flexibility index (Phi) is 13.0. The molecule has 0 saturated heterocycles. The molecule has 12 aromatic rings. The first kappa shape index (κ1) is 52.2. The number of rotatable bonds is 10. The minimum atomic E-state index is -0.0395. The predicted molar refractivity (Wildman–Crippen MR) is 353 cm³/mol. The Morgan fingerprint density at radius 3 is 0.817 bits per heavy atom. The fourth-order valence-corrected chi connectivity index (χ4v) is 12.9. The van der Waals surface area contributed by atoms with Gasteiger partial charge in [-0.2, -0.15) is 0 Å². The van der Waals surface area contributed by atoms with E-state index in [0.717, 1.165) is 22.7 Å². The summed E-state index contributed by atoms with van der Waals surface area (Å²) >= 11 is 0. The predicted octanol–water partition coefficient (Wildman–Crippen LogP) is 23.1. The van der Waals surface area contributed by atoms with E-state index < -0.39 is 0 Å². The highest BCUT2D eigenvalue weighted by atomic mass is 15.2. The number of fused-ring (bicyclic) bond motifs is 6. The molecule has 0 heterocycles. The van der Waals surface area contributed by atoms with Crippen LogP contribution in [-0.2, 0) is 10.8 Å². The van der Waals surface area contributed by atoms with E-state index in [2.05, 4.69) is 322 Å². The van der Waals surface area contributed by atoms with Crippen molar-refractivity contribution in [1.29, 1.82) is 0 Å². The van der Waals surface area contributed by atoms with Gasteiger partial charge in [0, 0.05) is 34.1 Å². The third kappa shape index (κ3) is 8.89. The van der Waals surface area contributed by atoms with E-state index in [1.54, 1.807) is 0 Å². The highest BCUT2D eigenvalue weighted by Crippen LogP contribution is 2.66. The second kappa shape index (κ2) is 20.4. The Morgan fingerprint density at radius 2 is 0.512 bits per heavy atom. The summed E-state index contributed by atoms with van der Waals surface area (Å²) in [6.07, 6.45) is 0. The zero-order chi connectivity index (χ0) is 56.6. The van der Waals surface area contributed by atoms with Crippen molar-refractivity contribution < 1.29 is 0 Å². The molecule has 0 N–H and O–H groups in total. The summed E-state index contributed by atoms with van der Waals surface area (Å²) in [5.41, 5.74) is 29.3. The molecule has 0 atom stereocenters. The normalized spacial score (nSPS) is 12.0. The van der Waals surface area contributed by atoms with Crippen molar-refractivity contribution in [3.63, 3.8) is 0 Å². The maximum absolute atomic E-state index is 2.51. The van der Waals surface area contributed by atoms with E-state index in [0.29, 0.717) is 0 Å². The number of hydrogen-bond acceptors (Lipinski definition) is 2. The van der Waals surface area contributed by atoms with Crippen LogP contribution in [0.15, 0.2) is 243 Å². The van der Waals surface area contributed by atoms with E-state index in [1.807, 2.05) is 0 Å². The van der Waals surface area contributed by atoms with Crippen LogP contribution in [0.2, 0.25) is 0 Å². The van der Waals surface area contributed by atoms with Crippen molar-refractivity contribution in [3.8, 4) is 66.8 Å². The smallest absolute Gasteiger partial charge is 0.0493 e. The minimum absolute atomic E-state index is 0.0395. The van der Waals surface area contributed by atoms with Gasteiger partial charge < -0.3 is 9.80 Å². The molecule has 1 aliphatic carbocycles. The summed E-state index contributed by atoms with van der Waals surface area (Å²) < 4.78 is 0. The average Bonchev–Trinajstić information content (AvgIpc) is 1.56. The van der Waals surface area contributed by atoms with Crippen molar-refractivity contribution in [1.82, 2.24) is 0 Å². The number of benzene rings is 12. The Balaban J connectivity index is 1.19. The molecule has 400 valence electrons. The quantitative estimate of drug-likeness (QED) is 0.135. The first-order chi connectivity index (χ1) is 39.7. The average molecular weight is 1060 g/mol. The van der Waals surface area contributed by atoms with Crippen LogP contribution in [0.25, 0.3) is 88.3 Å². The number of nitrogens with zero attached hydrogens (tertiary/aromatic N) is 2. The zero-order valence-corrected chi connectivity index (χ0v) is 49.0.